The number of fused-ring (bicyclic) bond motifs is 1. The third-order valence-corrected chi connectivity index (χ3v) is 11.2. The van der Waals surface area contributed by atoms with Crippen LogP contribution in [0.15, 0.2) is 30.3 Å². The minimum absolute atomic E-state index is 0.0365. The summed E-state index contributed by atoms with van der Waals surface area (Å²) < 4.78 is 69.9. The highest BCUT2D eigenvalue weighted by atomic mass is 32.2. The van der Waals surface area contributed by atoms with Crippen LogP contribution in [0.5, 0.6) is 0 Å². The average molecular weight is 572 g/mol. The van der Waals surface area contributed by atoms with E-state index < -0.39 is 40.1 Å². The van der Waals surface area contributed by atoms with Crippen molar-refractivity contribution < 1.29 is 31.3 Å². The van der Waals surface area contributed by atoms with E-state index in [9.17, 15) is 31.3 Å². The van der Waals surface area contributed by atoms with Crippen molar-refractivity contribution in [1.82, 2.24) is 14.2 Å². The van der Waals surface area contributed by atoms with Gasteiger partial charge in [-0.3, -0.25) is 4.79 Å². The van der Waals surface area contributed by atoms with Crippen molar-refractivity contribution in [2.24, 2.45) is 23.7 Å². The van der Waals surface area contributed by atoms with Crippen LogP contribution < -0.4 is 0 Å². The number of likely N-dealkylation sites (tertiary alicyclic amines) is 1. The number of hydrogen-bond donors (Lipinski definition) is 0. The summed E-state index contributed by atoms with van der Waals surface area (Å²) in [6, 6.07) is 5.87. The number of carbonyl (C=O) groups excluding carboxylic acids is 1. The summed E-state index contributed by atoms with van der Waals surface area (Å²) in [5.74, 6) is -1.44. The normalized spacial score (nSPS) is 30.0. The first-order valence-corrected chi connectivity index (χ1v) is 15.7. The summed E-state index contributed by atoms with van der Waals surface area (Å²) in [5.41, 5.74) is 0.730. The van der Waals surface area contributed by atoms with E-state index in [1.165, 1.54) is 14.2 Å². The molecule has 4 fully saturated rings. The zero-order valence-electron chi connectivity index (χ0n) is 22.3. The van der Waals surface area contributed by atoms with Crippen LogP contribution in [-0.4, -0.2) is 84.4 Å². The number of carbonyl (C=O) groups is 1. The predicted octanol–water partition coefficient (Wildman–Crippen LogP) is 3.82. The Morgan fingerprint density at radius 1 is 0.949 bits per heavy atom. The van der Waals surface area contributed by atoms with Gasteiger partial charge >= 0.3 is 12.2 Å². The molecule has 0 radical (unpaired) electrons. The average Bonchev–Trinajstić information content (AvgIpc) is 3.21. The van der Waals surface area contributed by atoms with Crippen molar-refractivity contribution in [1.29, 1.82) is 0 Å². The van der Waals surface area contributed by atoms with Gasteiger partial charge in [0.25, 0.3) is 0 Å². The van der Waals surface area contributed by atoms with Crippen LogP contribution in [0.4, 0.5) is 13.2 Å². The Hall–Kier alpha value is -2.21. The Balaban J connectivity index is 1.27. The summed E-state index contributed by atoms with van der Waals surface area (Å²) in [4.78, 5) is 28.0. The second-order valence-electron chi connectivity index (χ2n) is 11.8. The lowest BCUT2D eigenvalue weighted by atomic mass is 9.74. The van der Waals surface area contributed by atoms with Gasteiger partial charge in [0.15, 0.2) is 0 Å². The summed E-state index contributed by atoms with van der Waals surface area (Å²) >= 11 is 0. The highest BCUT2D eigenvalue weighted by Crippen LogP contribution is 2.46. The second-order valence-corrected chi connectivity index (χ2v) is 13.8. The molecule has 4 unspecified atom stereocenters. The van der Waals surface area contributed by atoms with E-state index >= 15 is 0 Å². The summed E-state index contributed by atoms with van der Waals surface area (Å²) in [6.45, 7) is 3.84. The molecule has 1 aromatic rings. The molecule has 0 saturated carbocycles. The second kappa shape index (κ2) is 11.0. The molecule has 0 bridgehead atoms. The topological polar surface area (TPSA) is 81.0 Å². The molecule has 0 N–H and O–H groups in total. The maximum Gasteiger partial charge on any atom is 0.460 e. The van der Waals surface area contributed by atoms with Gasteiger partial charge in [-0.15, -0.1) is 5.01 Å². The summed E-state index contributed by atoms with van der Waals surface area (Å²) in [5, 5.41) is 1.24. The van der Waals surface area contributed by atoms with Gasteiger partial charge in [0.1, 0.15) is 16.8 Å². The number of sulfonamides is 1. The van der Waals surface area contributed by atoms with Crippen LogP contribution in [0.2, 0.25) is 0 Å². The standard InChI is InChI=1S/C27H38F3N4O4S/c1-19-7-12-31(13-8-19)26(35)24-23-17-22(11-16-33(23)34(36)25(24)27(28,29)30)21-9-14-32(15-10-21)39(37,38)18-20-5-3-2-4-6-20/h2-6,19,21-25H,7-18H2,1H3/q+1. The molecule has 4 atom stereocenters. The molecule has 12 heteroatoms. The van der Waals surface area contributed by atoms with Gasteiger partial charge in [-0.05, 0) is 61.8 Å². The number of halogens is 3. The molecular formula is C27H38F3N4O4S+. The lowest BCUT2D eigenvalue weighted by Gasteiger charge is -2.40. The van der Waals surface area contributed by atoms with E-state index in [0.29, 0.717) is 57.8 Å². The maximum absolute atomic E-state index is 14.2. The first kappa shape index (κ1) is 28.3. The quantitative estimate of drug-likeness (QED) is 0.502. The number of nitrogens with zero attached hydrogens (tertiary/aromatic N) is 4. The lowest BCUT2D eigenvalue weighted by Crippen LogP contribution is -2.52. The fraction of sp³-hybridized carbons (Fsp3) is 0.741. The zero-order valence-corrected chi connectivity index (χ0v) is 23.1. The summed E-state index contributed by atoms with van der Waals surface area (Å²) in [6.07, 6.45) is -1.17. The molecule has 4 heterocycles. The van der Waals surface area contributed by atoms with Crippen molar-refractivity contribution >= 4 is 15.9 Å². The molecule has 4 aliphatic rings. The molecule has 5 rings (SSSR count). The third kappa shape index (κ3) is 5.82. The van der Waals surface area contributed by atoms with Gasteiger partial charge < -0.3 is 4.90 Å². The first-order valence-electron chi connectivity index (χ1n) is 14.1. The molecule has 1 amide bonds. The highest BCUT2D eigenvalue weighted by Gasteiger charge is 2.71. The van der Waals surface area contributed by atoms with Crippen LogP contribution in [0.3, 0.4) is 0 Å². The van der Waals surface area contributed by atoms with Crippen molar-refractivity contribution in [3.63, 3.8) is 0 Å². The van der Waals surface area contributed by atoms with E-state index in [2.05, 4.69) is 6.92 Å². The Morgan fingerprint density at radius 3 is 2.18 bits per heavy atom. The minimum Gasteiger partial charge on any atom is -0.342 e. The van der Waals surface area contributed by atoms with Gasteiger partial charge in [0, 0.05) is 26.2 Å². The zero-order chi connectivity index (χ0) is 27.9. The van der Waals surface area contributed by atoms with Crippen molar-refractivity contribution in [2.75, 3.05) is 32.7 Å². The molecule has 0 aromatic heterocycles. The van der Waals surface area contributed by atoms with Crippen molar-refractivity contribution in [3.05, 3.63) is 40.8 Å². The smallest absolute Gasteiger partial charge is 0.342 e. The largest absolute Gasteiger partial charge is 0.460 e. The number of benzene rings is 1. The fourth-order valence-corrected chi connectivity index (χ4v) is 8.66. The van der Waals surface area contributed by atoms with E-state index in [1.807, 2.05) is 18.2 Å². The van der Waals surface area contributed by atoms with Gasteiger partial charge in [0.05, 0.1) is 17.2 Å². The lowest BCUT2D eigenvalue weighted by molar-refractivity contribution is -0.735. The Labute approximate surface area is 228 Å². The number of amides is 1. The van der Waals surface area contributed by atoms with Crippen LogP contribution in [-0.2, 0) is 20.6 Å². The van der Waals surface area contributed by atoms with E-state index in [1.54, 1.807) is 12.1 Å². The van der Waals surface area contributed by atoms with Gasteiger partial charge in [0.2, 0.25) is 15.9 Å². The minimum atomic E-state index is -4.81. The number of hydrazine groups is 1. The van der Waals surface area contributed by atoms with E-state index in [4.69, 9.17) is 0 Å². The number of rotatable bonds is 5. The highest BCUT2D eigenvalue weighted by molar-refractivity contribution is 7.88. The molecule has 216 valence electrons. The van der Waals surface area contributed by atoms with Crippen LogP contribution in [0, 0.1) is 28.6 Å². The first-order chi connectivity index (χ1) is 18.5. The Bertz CT molecular complexity index is 1150. The summed E-state index contributed by atoms with van der Waals surface area (Å²) in [7, 11) is -3.47. The number of alkyl halides is 3. The van der Waals surface area contributed by atoms with E-state index in [-0.39, 0.29) is 29.0 Å². The molecule has 1 aromatic carbocycles. The number of piperidine rings is 3. The van der Waals surface area contributed by atoms with Crippen LogP contribution in [0.25, 0.3) is 0 Å². The number of nitroso groups, excluding NO2 is 1. The molecule has 0 aliphatic carbocycles. The van der Waals surface area contributed by atoms with Crippen molar-refractivity contribution in [2.45, 2.75) is 69.5 Å². The molecule has 4 aliphatic heterocycles. The van der Waals surface area contributed by atoms with Crippen LogP contribution in [0.1, 0.15) is 51.0 Å². The fourth-order valence-electron chi connectivity index (χ4n) is 7.10. The predicted molar refractivity (Wildman–Crippen MR) is 139 cm³/mol. The van der Waals surface area contributed by atoms with Crippen LogP contribution >= 0.6 is 0 Å². The third-order valence-electron chi connectivity index (χ3n) is 9.37. The molecule has 4 saturated heterocycles. The Kier molecular flexibility index (Phi) is 7.98. The van der Waals surface area contributed by atoms with Crippen molar-refractivity contribution in [3.8, 4) is 0 Å². The van der Waals surface area contributed by atoms with Gasteiger partial charge in [-0.2, -0.15) is 13.2 Å². The molecule has 0 spiro atoms. The molecular weight excluding hydrogens is 533 g/mol. The monoisotopic (exact) mass is 571 g/mol. The maximum atomic E-state index is 14.2. The van der Waals surface area contributed by atoms with Gasteiger partial charge in [-0.25, -0.2) is 12.7 Å². The Morgan fingerprint density at radius 2 is 1.56 bits per heavy atom. The van der Waals surface area contributed by atoms with Gasteiger partial charge in [-0.1, -0.05) is 37.3 Å². The van der Waals surface area contributed by atoms with E-state index in [0.717, 1.165) is 18.4 Å². The number of hydrogen-bond acceptors (Lipinski definition) is 4. The molecule has 8 nitrogen and oxygen atoms in total. The molecule has 39 heavy (non-hydrogen) atoms. The SMILES string of the molecule is CC1CCN(C(=O)C2C3CC(C4CCN(S(=O)(=O)Cc5ccccc5)CC4)CCN3[N+](=O)C2C(F)(F)F)CC1.